The molecule has 3 aliphatic rings. The third-order valence-corrected chi connectivity index (χ3v) is 5.24. The maximum absolute atomic E-state index is 11.7. The maximum Gasteiger partial charge on any atom is 0.309 e. The van der Waals surface area contributed by atoms with Crippen LogP contribution >= 0.6 is 0 Å². The summed E-state index contributed by atoms with van der Waals surface area (Å²) in [5.74, 6) is 0.0500. The first-order valence-electron chi connectivity index (χ1n) is 7.68. The van der Waals surface area contributed by atoms with Crippen LogP contribution in [0, 0.1) is 5.92 Å². The van der Waals surface area contributed by atoms with E-state index in [0.29, 0.717) is 6.04 Å². The van der Waals surface area contributed by atoms with Crippen molar-refractivity contribution < 1.29 is 14.3 Å². The normalized spacial score (nSPS) is 34.8. The average Bonchev–Trinajstić information content (AvgIpc) is 2.45. The van der Waals surface area contributed by atoms with Gasteiger partial charge in [0.25, 0.3) is 0 Å². The third kappa shape index (κ3) is 2.65. The fourth-order valence-corrected chi connectivity index (χ4v) is 3.93. The van der Waals surface area contributed by atoms with E-state index in [4.69, 9.17) is 9.47 Å². The highest BCUT2D eigenvalue weighted by atomic mass is 16.5. The van der Waals surface area contributed by atoms with Crippen molar-refractivity contribution >= 4 is 5.97 Å². The molecule has 3 fully saturated rings. The standard InChI is InChI=1S/C15H25NO3/c1-18-14(17)12-4-2-8-16(11-12)13-5-9-19-15(10-13)6-3-7-15/h12-13H,2-11H2,1H3/t12-,13?/m0/s1. The fraction of sp³-hybridized carbons (Fsp3) is 0.933. The molecular formula is C15H25NO3. The molecule has 1 saturated carbocycles. The monoisotopic (exact) mass is 267 g/mol. The summed E-state index contributed by atoms with van der Waals surface area (Å²) in [6.07, 6.45) is 8.17. The number of hydrogen-bond donors (Lipinski definition) is 0. The number of carbonyl (C=O) groups excluding carboxylic acids is 1. The van der Waals surface area contributed by atoms with Gasteiger partial charge in [-0.1, -0.05) is 0 Å². The van der Waals surface area contributed by atoms with Crippen molar-refractivity contribution in [1.82, 2.24) is 4.90 Å². The highest BCUT2D eigenvalue weighted by molar-refractivity contribution is 5.72. The van der Waals surface area contributed by atoms with Crippen LogP contribution in [-0.4, -0.2) is 49.3 Å². The van der Waals surface area contributed by atoms with Gasteiger partial charge < -0.3 is 9.47 Å². The van der Waals surface area contributed by atoms with Crippen LogP contribution < -0.4 is 0 Å². The van der Waals surface area contributed by atoms with E-state index >= 15 is 0 Å². The van der Waals surface area contributed by atoms with E-state index in [1.54, 1.807) is 0 Å². The van der Waals surface area contributed by atoms with Crippen LogP contribution in [0.15, 0.2) is 0 Å². The Kier molecular flexibility index (Phi) is 3.81. The van der Waals surface area contributed by atoms with Crippen molar-refractivity contribution in [2.24, 2.45) is 5.92 Å². The van der Waals surface area contributed by atoms with Gasteiger partial charge in [-0.25, -0.2) is 0 Å². The lowest BCUT2D eigenvalue weighted by atomic mass is 9.73. The number of likely N-dealkylation sites (tertiary alicyclic amines) is 1. The zero-order chi connectivity index (χ0) is 13.3. The van der Waals surface area contributed by atoms with Crippen molar-refractivity contribution in [3.05, 3.63) is 0 Å². The molecule has 4 heteroatoms. The molecule has 0 radical (unpaired) electrons. The summed E-state index contributed by atoms with van der Waals surface area (Å²) in [4.78, 5) is 14.2. The summed E-state index contributed by atoms with van der Waals surface area (Å²) in [7, 11) is 1.50. The first-order chi connectivity index (χ1) is 9.22. The van der Waals surface area contributed by atoms with Crippen LogP contribution in [0.1, 0.15) is 44.9 Å². The Bertz CT molecular complexity index is 340. The van der Waals surface area contributed by atoms with Crippen molar-refractivity contribution in [1.29, 1.82) is 0 Å². The van der Waals surface area contributed by atoms with Gasteiger partial charge in [0.05, 0.1) is 18.6 Å². The topological polar surface area (TPSA) is 38.8 Å². The molecule has 0 aromatic carbocycles. The zero-order valence-electron chi connectivity index (χ0n) is 11.9. The minimum Gasteiger partial charge on any atom is -0.469 e. The van der Waals surface area contributed by atoms with Gasteiger partial charge in [0.1, 0.15) is 0 Å². The van der Waals surface area contributed by atoms with Crippen molar-refractivity contribution in [2.75, 3.05) is 26.8 Å². The summed E-state index contributed by atoms with van der Waals surface area (Å²) >= 11 is 0. The molecule has 1 aliphatic carbocycles. The second-order valence-corrected chi connectivity index (χ2v) is 6.39. The molecule has 0 aromatic rings. The molecule has 2 aliphatic heterocycles. The highest BCUT2D eigenvalue weighted by Gasteiger charge is 2.44. The van der Waals surface area contributed by atoms with Gasteiger partial charge in [-0.2, -0.15) is 0 Å². The lowest BCUT2D eigenvalue weighted by Crippen LogP contribution is -2.54. The Morgan fingerprint density at radius 2 is 2.16 bits per heavy atom. The quantitative estimate of drug-likeness (QED) is 0.717. The van der Waals surface area contributed by atoms with E-state index in [1.165, 1.54) is 32.8 Å². The molecule has 2 atom stereocenters. The molecule has 2 saturated heterocycles. The van der Waals surface area contributed by atoms with Crippen LogP contribution in [0.3, 0.4) is 0 Å². The second-order valence-electron chi connectivity index (χ2n) is 6.39. The Balaban J connectivity index is 1.60. The number of hydrogen-bond acceptors (Lipinski definition) is 4. The molecule has 2 heterocycles. The predicted molar refractivity (Wildman–Crippen MR) is 71.9 cm³/mol. The predicted octanol–water partition coefficient (Wildman–Crippen LogP) is 1.97. The number of nitrogens with zero attached hydrogens (tertiary/aromatic N) is 1. The number of methoxy groups -OCH3 is 1. The molecule has 1 spiro atoms. The largest absolute Gasteiger partial charge is 0.469 e. The summed E-state index contributed by atoms with van der Waals surface area (Å²) in [5.41, 5.74) is 0.196. The van der Waals surface area contributed by atoms with Gasteiger partial charge in [0.2, 0.25) is 0 Å². The smallest absolute Gasteiger partial charge is 0.309 e. The van der Waals surface area contributed by atoms with E-state index in [9.17, 15) is 4.79 Å². The van der Waals surface area contributed by atoms with Gasteiger partial charge in [0.15, 0.2) is 0 Å². The molecule has 0 N–H and O–H groups in total. The molecule has 0 aromatic heterocycles. The van der Waals surface area contributed by atoms with Crippen LogP contribution in [0.5, 0.6) is 0 Å². The summed E-state index contributed by atoms with van der Waals surface area (Å²) in [5, 5.41) is 0. The minimum absolute atomic E-state index is 0.0323. The Morgan fingerprint density at radius 3 is 2.84 bits per heavy atom. The van der Waals surface area contributed by atoms with Crippen LogP contribution in [-0.2, 0) is 14.3 Å². The number of piperidine rings is 1. The van der Waals surface area contributed by atoms with Gasteiger partial charge in [-0.05, 0) is 51.5 Å². The maximum atomic E-state index is 11.7. The van der Waals surface area contributed by atoms with Crippen LogP contribution in [0.2, 0.25) is 0 Å². The summed E-state index contributed by atoms with van der Waals surface area (Å²) in [6, 6.07) is 0.613. The molecule has 1 unspecified atom stereocenters. The van der Waals surface area contributed by atoms with E-state index in [-0.39, 0.29) is 17.5 Å². The molecule has 4 nitrogen and oxygen atoms in total. The molecule has 108 valence electrons. The van der Waals surface area contributed by atoms with E-state index in [0.717, 1.165) is 39.0 Å². The Morgan fingerprint density at radius 1 is 1.32 bits per heavy atom. The fourth-order valence-electron chi connectivity index (χ4n) is 3.93. The number of rotatable bonds is 2. The third-order valence-electron chi connectivity index (χ3n) is 5.24. The van der Waals surface area contributed by atoms with E-state index in [2.05, 4.69) is 4.90 Å². The SMILES string of the molecule is COC(=O)[C@H]1CCCN(C2CCOC3(CCC3)C2)C1. The lowest BCUT2D eigenvalue weighted by Gasteiger charge is -2.50. The van der Waals surface area contributed by atoms with Gasteiger partial charge >= 0.3 is 5.97 Å². The Hall–Kier alpha value is -0.610. The molecule has 19 heavy (non-hydrogen) atoms. The lowest BCUT2D eigenvalue weighted by molar-refractivity contribution is -0.156. The van der Waals surface area contributed by atoms with Crippen LogP contribution in [0.25, 0.3) is 0 Å². The Labute approximate surface area is 115 Å². The van der Waals surface area contributed by atoms with Crippen molar-refractivity contribution in [3.8, 4) is 0 Å². The van der Waals surface area contributed by atoms with Gasteiger partial charge in [-0.3, -0.25) is 9.69 Å². The first-order valence-corrected chi connectivity index (χ1v) is 7.68. The van der Waals surface area contributed by atoms with E-state index < -0.39 is 0 Å². The number of carbonyl (C=O) groups is 1. The number of esters is 1. The summed E-state index contributed by atoms with van der Waals surface area (Å²) < 4.78 is 10.9. The average molecular weight is 267 g/mol. The van der Waals surface area contributed by atoms with Gasteiger partial charge in [-0.15, -0.1) is 0 Å². The van der Waals surface area contributed by atoms with Crippen LogP contribution in [0.4, 0.5) is 0 Å². The zero-order valence-corrected chi connectivity index (χ0v) is 11.9. The van der Waals surface area contributed by atoms with Crippen molar-refractivity contribution in [2.45, 2.75) is 56.6 Å². The number of ether oxygens (including phenoxy) is 2. The molecule has 3 rings (SSSR count). The van der Waals surface area contributed by atoms with Crippen molar-refractivity contribution in [3.63, 3.8) is 0 Å². The van der Waals surface area contributed by atoms with Gasteiger partial charge in [0, 0.05) is 19.2 Å². The first kappa shape index (κ1) is 13.4. The van der Waals surface area contributed by atoms with E-state index in [1.807, 2.05) is 0 Å². The summed E-state index contributed by atoms with van der Waals surface area (Å²) in [6.45, 7) is 2.91. The minimum atomic E-state index is -0.0323. The second kappa shape index (κ2) is 5.41. The molecule has 0 amide bonds. The molecular weight excluding hydrogens is 242 g/mol. The molecule has 0 bridgehead atoms. The highest BCUT2D eigenvalue weighted by Crippen LogP contribution is 2.43.